The van der Waals surface area contributed by atoms with Crippen molar-refractivity contribution in [3.63, 3.8) is 0 Å². The zero-order valence-electron chi connectivity index (χ0n) is 9.52. The lowest BCUT2D eigenvalue weighted by atomic mass is 10.3. The van der Waals surface area contributed by atoms with Crippen LogP contribution in [0.1, 0.15) is 18.7 Å². The minimum atomic E-state index is 0.564. The molecule has 0 radical (unpaired) electrons. The first-order valence-corrected chi connectivity index (χ1v) is 6.23. The molecule has 0 aliphatic carbocycles. The molecule has 1 rings (SSSR count). The fraction of sp³-hybridized carbons (Fsp3) is 0.500. The summed E-state index contributed by atoms with van der Waals surface area (Å²) in [5.41, 5.74) is 5.42. The molecule has 0 unspecified atom stereocenters. The predicted octanol–water partition coefficient (Wildman–Crippen LogP) is 2.47. The second-order valence-corrected chi connectivity index (χ2v) is 4.84. The molecule has 0 saturated carbocycles. The summed E-state index contributed by atoms with van der Waals surface area (Å²) in [5.74, 6) is 0. The van der Waals surface area contributed by atoms with Crippen LogP contribution in [0.15, 0.2) is 29.7 Å². The molecular formula is C12H20N2S. The first-order valence-electron chi connectivity index (χ1n) is 5.35. The molecular weight excluding hydrogens is 204 g/mol. The Labute approximate surface area is 96.4 Å². The van der Waals surface area contributed by atoms with Gasteiger partial charge in [0.05, 0.1) is 0 Å². The number of nitrogens with two attached hydrogens (primary N) is 1. The molecule has 0 aromatic carbocycles. The monoisotopic (exact) mass is 224 g/mol. The molecule has 1 heterocycles. The van der Waals surface area contributed by atoms with Crippen LogP contribution in [0.3, 0.4) is 0 Å². The van der Waals surface area contributed by atoms with Crippen molar-refractivity contribution in [2.24, 2.45) is 5.73 Å². The topological polar surface area (TPSA) is 29.3 Å². The van der Waals surface area contributed by atoms with Gasteiger partial charge in [-0.25, -0.2) is 0 Å². The van der Waals surface area contributed by atoms with Gasteiger partial charge in [-0.05, 0) is 25.3 Å². The van der Waals surface area contributed by atoms with Gasteiger partial charge in [-0.2, -0.15) is 0 Å². The van der Waals surface area contributed by atoms with Gasteiger partial charge in [0.25, 0.3) is 0 Å². The van der Waals surface area contributed by atoms with Gasteiger partial charge in [-0.1, -0.05) is 18.2 Å². The summed E-state index contributed by atoms with van der Waals surface area (Å²) in [7, 11) is 0. The Hall–Kier alpha value is -0.640. The van der Waals surface area contributed by atoms with Crippen LogP contribution in [0.5, 0.6) is 0 Å². The molecule has 84 valence electrons. The molecule has 2 N–H and O–H groups in total. The van der Waals surface area contributed by atoms with Crippen molar-refractivity contribution in [3.8, 4) is 0 Å². The predicted molar refractivity (Wildman–Crippen MR) is 68.1 cm³/mol. The smallest absolute Gasteiger partial charge is 0.0333 e. The van der Waals surface area contributed by atoms with Crippen molar-refractivity contribution in [3.05, 3.63) is 34.5 Å². The molecule has 2 nitrogen and oxygen atoms in total. The molecule has 0 bridgehead atoms. The molecule has 1 aromatic heterocycles. The number of hydrogen-bond acceptors (Lipinski definition) is 3. The highest BCUT2D eigenvalue weighted by Gasteiger charge is 2.08. The van der Waals surface area contributed by atoms with E-state index in [2.05, 4.69) is 42.3 Å². The number of hydrogen-bond donors (Lipinski definition) is 1. The largest absolute Gasteiger partial charge is 0.327 e. The van der Waals surface area contributed by atoms with Gasteiger partial charge < -0.3 is 5.73 Å². The highest BCUT2D eigenvalue weighted by Crippen LogP contribution is 2.13. The third-order valence-corrected chi connectivity index (χ3v) is 3.17. The average molecular weight is 224 g/mol. The maximum absolute atomic E-state index is 5.42. The minimum Gasteiger partial charge on any atom is -0.327 e. The molecule has 0 spiro atoms. The van der Waals surface area contributed by atoms with E-state index in [1.807, 2.05) is 17.4 Å². The zero-order valence-corrected chi connectivity index (χ0v) is 10.3. The number of nitrogens with zero attached hydrogens (tertiary/aromatic N) is 1. The van der Waals surface area contributed by atoms with E-state index < -0.39 is 0 Å². The standard InChI is InChI=1S/C12H20N2S/c1-11(2)14(8-4-3-7-13)10-12-6-5-9-15-12/h3-6,9,11H,7-8,10,13H2,1-2H3. The maximum atomic E-state index is 5.42. The number of rotatable bonds is 6. The second kappa shape index (κ2) is 6.77. The van der Waals surface area contributed by atoms with Crippen LogP contribution >= 0.6 is 11.3 Å². The Morgan fingerprint density at radius 3 is 2.80 bits per heavy atom. The SMILES string of the molecule is CC(C)N(CC=CCN)Cc1cccs1. The van der Waals surface area contributed by atoms with E-state index in [4.69, 9.17) is 5.73 Å². The normalized spacial score (nSPS) is 12.1. The first kappa shape index (κ1) is 12.4. The van der Waals surface area contributed by atoms with Gasteiger partial charge in [-0.15, -0.1) is 11.3 Å². The Balaban J connectivity index is 2.47. The van der Waals surface area contributed by atoms with Crippen LogP contribution < -0.4 is 5.73 Å². The van der Waals surface area contributed by atoms with Crippen LogP contribution in [0.4, 0.5) is 0 Å². The lowest BCUT2D eigenvalue weighted by Gasteiger charge is -2.24. The van der Waals surface area contributed by atoms with Crippen molar-refractivity contribution in [1.82, 2.24) is 4.90 Å². The van der Waals surface area contributed by atoms with Crippen LogP contribution in [0.25, 0.3) is 0 Å². The third-order valence-electron chi connectivity index (χ3n) is 2.31. The quantitative estimate of drug-likeness (QED) is 0.752. The van der Waals surface area contributed by atoms with Crippen molar-refractivity contribution >= 4 is 11.3 Å². The fourth-order valence-corrected chi connectivity index (χ4v) is 2.10. The summed E-state index contributed by atoms with van der Waals surface area (Å²) < 4.78 is 0. The molecule has 0 aliphatic rings. The van der Waals surface area contributed by atoms with Gasteiger partial charge >= 0.3 is 0 Å². The Kier molecular flexibility index (Phi) is 5.61. The zero-order chi connectivity index (χ0) is 11.1. The summed E-state index contributed by atoms with van der Waals surface area (Å²) in [4.78, 5) is 3.85. The molecule has 0 amide bonds. The second-order valence-electron chi connectivity index (χ2n) is 3.81. The van der Waals surface area contributed by atoms with E-state index in [1.54, 1.807) is 0 Å². The van der Waals surface area contributed by atoms with Gasteiger partial charge in [0, 0.05) is 30.6 Å². The summed E-state index contributed by atoms with van der Waals surface area (Å²) in [6, 6.07) is 4.86. The highest BCUT2D eigenvalue weighted by atomic mass is 32.1. The van der Waals surface area contributed by atoms with Crippen LogP contribution in [0, 0.1) is 0 Å². The lowest BCUT2D eigenvalue weighted by Crippen LogP contribution is -2.30. The summed E-state index contributed by atoms with van der Waals surface area (Å²) >= 11 is 1.82. The average Bonchev–Trinajstić information content (AvgIpc) is 2.69. The summed E-state index contributed by atoms with van der Waals surface area (Å²) in [6.07, 6.45) is 4.16. The van der Waals surface area contributed by atoms with E-state index in [1.165, 1.54) is 4.88 Å². The Morgan fingerprint density at radius 1 is 1.47 bits per heavy atom. The van der Waals surface area contributed by atoms with Crippen molar-refractivity contribution < 1.29 is 0 Å². The van der Waals surface area contributed by atoms with Gasteiger partial charge in [0.1, 0.15) is 0 Å². The van der Waals surface area contributed by atoms with Gasteiger partial charge in [0.15, 0.2) is 0 Å². The van der Waals surface area contributed by atoms with Crippen LogP contribution in [-0.4, -0.2) is 24.0 Å². The molecule has 0 atom stereocenters. The fourth-order valence-electron chi connectivity index (χ4n) is 1.37. The lowest BCUT2D eigenvalue weighted by molar-refractivity contribution is 0.239. The van der Waals surface area contributed by atoms with E-state index in [-0.39, 0.29) is 0 Å². The van der Waals surface area contributed by atoms with Gasteiger partial charge in [0.2, 0.25) is 0 Å². The first-order chi connectivity index (χ1) is 7.24. The highest BCUT2D eigenvalue weighted by molar-refractivity contribution is 7.09. The molecule has 1 aromatic rings. The van der Waals surface area contributed by atoms with Crippen molar-refractivity contribution in [1.29, 1.82) is 0 Å². The molecule has 0 aliphatic heterocycles. The van der Waals surface area contributed by atoms with E-state index in [0.29, 0.717) is 12.6 Å². The third kappa shape index (κ3) is 4.60. The van der Waals surface area contributed by atoms with Crippen molar-refractivity contribution in [2.45, 2.75) is 26.4 Å². The minimum absolute atomic E-state index is 0.564. The Bertz CT molecular complexity index is 278. The van der Waals surface area contributed by atoms with Crippen LogP contribution in [-0.2, 0) is 6.54 Å². The molecule has 3 heteroatoms. The maximum Gasteiger partial charge on any atom is 0.0333 e. The summed E-state index contributed by atoms with van der Waals surface area (Å²) in [5, 5.41) is 2.13. The van der Waals surface area contributed by atoms with Crippen molar-refractivity contribution in [2.75, 3.05) is 13.1 Å². The van der Waals surface area contributed by atoms with E-state index >= 15 is 0 Å². The van der Waals surface area contributed by atoms with Crippen LogP contribution in [0.2, 0.25) is 0 Å². The molecule has 15 heavy (non-hydrogen) atoms. The molecule has 0 saturated heterocycles. The Morgan fingerprint density at radius 2 is 2.27 bits per heavy atom. The molecule has 0 fully saturated rings. The van der Waals surface area contributed by atoms with E-state index in [0.717, 1.165) is 13.1 Å². The van der Waals surface area contributed by atoms with Gasteiger partial charge in [-0.3, -0.25) is 4.90 Å². The summed E-state index contributed by atoms with van der Waals surface area (Å²) in [6.45, 7) is 7.09. The number of thiophene rings is 1. The van der Waals surface area contributed by atoms with E-state index in [9.17, 15) is 0 Å².